The van der Waals surface area contributed by atoms with Gasteiger partial charge in [0.2, 0.25) is 5.91 Å². The predicted molar refractivity (Wildman–Crippen MR) is 122 cm³/mol. The van der Waals surface area contributed by atoms with Crippen LogP contribution >= 0.6 is 0 Å². The monoisotopic (exact) mass is 413 g/mol. The average Bonchev–Trinajstić information content (AvgIpc) is 3.52. The highest BCUT2D eigenvalue weighted by atomic mass is 16.5. The van der Waals surface area contributed by atoms with Gasteiger partial charge in [-0.1, -0.05) is 43.3 Å². The number of hydrogen-bond acceptors (Lipinski definition) is 4. The van der Waals surface area contributed by atoms with Crippen LogP contribution in [0.25, 0.3) is 10.8 Å². The van der Waals surface area contributed by atoms with E-state index in [0.717, 1.165) is 48.8 Å². The van der Waals surface area contributed by atoms with Gasteiger partial charge < -0.3 is 4.74 Å². The first-order valence-corrected chi connectivity index (χ1v) is 11.0. The number of benzene rings is 2. The number of pyridine rings is 1. The molecule has 2 heterocycles. The standard InChI is InChI=1S/C26H27N3O2/c1-26(23-6-4-19(5-7-23)20-9-12-31-13-10-20)15-24(26)25(30)29-28-16-18-2-3-22-17-27-11-8-21(22)14-18/h2-8,11,14,16-17,20,24H,9-10,12-13,15H2,1H3,(H,29,30)/b28-16+. The molecule has 0 spiro atoms. The van der Waals surface area contributed by atoms with Gasteiger partial charge in [-0.15, -0.1) is 0 Å². The van der Waals surface area contributed by atoms with Crippen LogP contribution in [0.1, 0.15) is 48.8 Å². The summed E-state index contributed by atoms with van der Waals surface area (Å²) in [6.45, 7) is 3.87. The van der Waals surface area contributed by atoms with Crippen molar-refractivity contribution in [3.05, 3.63) is 77.6 Å². The minimum Gasteiger partial charge on any atom is -0.381 e. The van der Waals surface area contributed by atoms with Gasteiger partial charge in [0.1, 0.15) is 0 Å². The lowest BCUT2D eigenvalue weighted by atomic mass is 9.88. The summed E-state index contributed by atoms with van der Waals surface area (Å²) < 4.78 is 5.47. The van der Waals surface area contributed by atoms with Crippen LogP contribution in [-0.4, -0.2) is 30.3 Å². The first-order valence-electron chi connectivity index (χ1n) is 11.0. The molecule has 3 aromatic rings. The van der Waals surface area contributed by atoms with Gasteiger partial charge in [0.15, 0.2) is 0 Å². The third-order valence-corrected chi connectivity index (χ3v) is 6.87. The Morgan fingerprint density at radius 2 is 1.94 bits per heavy atom. The number of fused-ring (bicyclic) bond motifs is 1. The number of hydrogen-bond donors (Lipinski definition) is 1. The van der Waals surface area contributed by atoms with E-state index in [4.69, 9.17) is 4.74 Å². The fourth-order valence-corrected chi connectivity index (χ4v) is 4.66. The SMILES string of the molecule is CC1(c2ccc(C3CCOCC3)cc2)CC1C(=O)N/N=C/c1ccc2cnccc2c1. The Hall–Kier alpha value is -3.05. The first-order chi connectivity index (χ1) is 15.1. The van der Waals surface area contributed by atoms with Crippen molar-refractivity contribution in [2.45, 2.75) is 37.5 Å². The zero-order chi connectivity index (χ0) is 21.3. The van der Waals surface area contributed by atoms with Crippen molar-refractivity contribution >= 4 is 22.9 Å². The molecule has 1 amide bonds. The summed E-state index contributed by atoms with van der Waals surface area (Å²) in [6.07, 6.45) is 8.34. The molecule has 2 atom stereocenters. The maximum absolute atomic E-state index is 12.7. The number of nitrogens with one attached hydrogen (secondary N) is 1. The molecule has 1 saturated heterocycles. The van der Waals surface area contributed by atoms with Crippen molar-refractivity contribution in [1.29, 1.82) is 0 Å². The normalized spacial score (nSPS) is 23.8. The molecule has 0 bridgehead atoms. The Morgan fingerprint density at radius 1 is 1.13 bits per heavy atom. The van der Waals surface area contributed by atoms with Crippen molar-refractivity contribution in [2.24, 2.45) is 11.0 Å². The zero-order valence-corrected chi connectivity index (χ0v) is 17.8. The fourth-order valence-electron chi connectivity index (χ4n) is 4.66. The summed E-state index contributed by atoms with van der Waals surface area (Å²) in [5.41, 5.74) is 6.19. The van der Waals surface area contributed by atoms with Gasteiger partial charge in [0, 0.05) is 36.4 Å². The van der Waals surface area contributed by atoms with Crippen LogP contribution in [0.4, 0.5) is 0 Å². The minimum absolute atomic E-state index is 0.0164. The quantitative estimate of drug-likeness (QED) is 0.493. The first kappa shape index (κ1) is 19.9. The van der Waals surface area contributed by atoms with Crippen LogP contribution in [0, 0.1) is 5.92 Å². The maximum atomic E-state index is 12.7. The third kappa shape index (κ3) is 4.10. The van der Waals surface area contributed by atoms with E-state index in [2.05, 4.69) is 46.7 Å². The summed E-state index contributed by atoms with van der Waals surface area (Å²) in [6, 6.07) is 16.8. The number of hydrazone groups is 1. The van der Waals surface area contributed by atoms with E-state index in [1.165, 1.54) is 11.1 Å². The van der Waals surface area contributed by atoms with Crippen LogP contribution in [0.3, 0.4) is 0 Å². The summed E-state index contributed by atoms with van der Waals surface area (Å²) >= 11 is 0. The zero-order valence-electron chi connectivity index (χ0n) is 17.8. The van der Waals surface area contributed by atoms with Crippen molar-refractivity contribution in [1.82, 2.24) is 10.4 Å². The number of carbonyl (C=O) groups excluding carboxylic acids is 1. The number of ether oxygens (including phenoxy) is 1. The molecule has 5 rings (SSSR count). The number of amides is 1. The predicted octanol–water partition coefficient (Wildman–Crippen LogP) is 4.56. The molecule has 2 aromatic carbocycles. The number of carbonyl (C=O) groups is 1. The number of nitrogens with zero attached hydrogens (tertiary/aromatic N) is 2. The highest BCUT2D eigenvalue weighted by Crippen LogP contribution is 2.54. The van der Waals surface area contributed by atoms with Crippen molar-refractivity contribution in [3.63, 3.8) is 0 Å². The van der Waals surface area contributed by atoms with E-state index < -0.39 is 0 Å². The molecule has 1 saturated carbocycles. The van der Waals surface area contributed by atoms with Crippen LogP contribution in [0.5, 0.6) is 0 Å². The second-order valence-electron chi connectivity index (χ2n) is 8.90. The van der Waals surface area contributed by atoms with Gasteiger partial charge in [-0.3, -0.25) is 9.78 Å². The molecule has 0 radical (unpaired) electrons. The van der Waals surface area contributed by atoms with E-state index in [9.17, 15) is 4.79 Å². The second-order valence-corrected chi connectivity index (χ2v) is 8.90. The molecule has 1 aromatic heterocycles. The Kier molecular flexibility index (Phi) is 5.28. The summed E-state index contributed by atoms with van der Waals surface area (Å²) in [5.74, 6) is 0.535. The molecule has 2 fully saturated rings. The van der Waals surface area contributed by atoms with E-state index in [0.29, 0.717) is 5.92 Å². The molecular formula is C26H27N3O2. The van der Waals surface area contributed by atoms with E-state index in [1.54, 1.807) is 12.4 Å². The molecule has 1 aliphatic heterocycles. The van der Waals surface area contributed by atoms with Crippen molar-refractivity contribution in [3.8, 4) is 0 Å². The minimum atomic E-state index is -0.107. The number of rotatable bonds is 5. The average molecular weight is 414 g/mol. The van der Waals surface area contributed by atoms with Crippen LogP contribution in [-0.2, 0) is 14.9 Å². The van der Waals surface area contributed by atoms with Crippen LogP contribution < -0.4 is 5.43 Å². The van der Waals surface area contributed by atoms with Gasteiger partial charge in [-0.25, -0.2) is 5.43 Å². The van der Waals surface area contributed by atoms with Gasteiger partial charge in [0.05, 0.1) is 12.1 Å². The maximum Gasteiger partial charge on any atom is 0.244 e. The summed E-state index contributed by atoms with van der Waals surface area (Å²) in [4.78, 5) is 16.8. The van der Waals surface area contributed by atoms with Crippen molar-refractivity contribution < 1.29 is 9.53 Å². The van der Waals surface area contributed by atoms with Gasteiger partial charge in [-0.05, 0) is 59.4 Å². The Bertz CT molecular complexity index is 1120. The molecule has 5 heteroatoms. The Balaban J connectivity index is 1.20. The van der Waals surface area contributed by atoms with E-state index in [1.807, 2.05) is 30.5 Å². The second kappa shape index (κ2) is 8.23. The lowest BCUT2D eigenvalue weighted by Crippen LogP contribution is -2.23. The molecular weight excluding hydrogens is 386 g/mol. The highest BCUT2D eigenvalue weighted by molar-refractivity contribution is 5.91. The van der Waals surface area contributed by atoms with Crippen LogP contribution in [0.15, 0.2) is 66.0 Å². The van der Waals surface area contributed by atoms with Gasteiger partial charge in [-0.2, -0.15) is 5.10 Å². The molecule has 31 heavy (non-hydrogen) atoms. The summed E-state index contributed by atoms with van der Waals surface area (Å²) in [5, 5.41) is 6.38. The van der Waals surface area contributed by atoms with E-state index in [-0.39, 0.29) is 17.2 Å². The largest absolute Gasteiger partial charge is 0.381 e. The Morgan fingerprint density at radius 3 is 2.74 bits per heavy atom. The number of aromatic nitrogens is 1. The molecule has 2 aliphatic rings. The van der Waals surface area contributed by atoms with E-state index >= 15 is 0 Å². The summed E-state index contributed by atoms with van der Waals surface area (Å²) in [7, 11) is 0. The molecule has 2 unspecified atom stereocenters. The Labute approximate surface area is 182 Å². The molecule has 1 N–H and O–H groups in total. The highest BCUT2D eigenvalue weighted by Gasteiger charge is 2.55. The fraction of sp³-hybridized carbons (Fsp3) is 0.346. The van der Waals surface area contributed by atoms with Crippen molar-refractivity contribution in [2.75, 3.05) is 13.2 Å². The smallest absolute Gasteiger partial charge is 0.244 e. The van der Waals surface area contributed by atoms with Gasteiger partial charge in [0.25, 0.3) is 0 Å². The molecule has 158 valence electrons. The topological polar surface area (TPSA) is 63.6 Å². The van der Waals surface area contributed by atoms with Gasteiger partial charge >= 0.3 is 0 Å². The van der Waals surface area contributed by atoms with Crippen LogP contribution in [0.2, 0.25) is 0 Å². The molecule has 1 aliphatic carbocycles. The lowest BCUT2D eigenvalue weighted by molar-refractivity contribution is -0.122. The molecule has 5 nitrogen and oxygen atoms in total. The lowest BCUT2D eigenvalue weighted by Gasteiger charge is -2.23. The third-order valence-electron chi connectivity index (χ3n) is 6.87.